The number of nitrogens with zero attached hydrogens (tertiary/aromatic N) is 4. The SMILES string of the molecule is FC(F)Sc1cccc(CN2CCCC2c2nnc(-c3ccncc3)o2)c1. The number of thioether (sulfide) groups is 1. The summed E-state index contributed by atoms with van der Waals surface area (Å²) in [5, 5.41) is 8.40. The minimum absolute atomic E-state index is 0.0412. The van der Waals surface area contributed by atoms with Crippen molar-refractivity contribution in [2.45, 2.75) is 36.1 Å². The molecule has 4 rings (SSSR count). The molecule has 27 heavy (non-hydrogen) atoms. The maximum Gasteiger partial charge on any atom is 0.288 e. The van der Waals surface area contributed by atoms with E-state index in [4.69, 9.17) is 4.42 Å². The van der Waals surface area contributed by atoms with Crippen LogP contribution in [0.15, 0.2) is 58.1 Å². The van der Waals surface area contributed by atoms with E-state index in [2.05, 4.69) is 20.1 Å². The van der Waals surface area contributed by atoms with Crippen LogP contribution in [0.1, 0.15) is 30.3 Å². The summed E-state index contributed by atoms with van der Waals surface area (Å²) in [6.07, 6.45) is 5.34. The minimum atomic E-state index is -2.41. The van der Waals surface area contributed by atoms with E-state index in [1.54, 1.807) is 18.5 Å². The van der Waals surface area contributed by atoms with E-state index in [1.807, 2.05) is 30.3 Å². The van der Waals surface area contributed by atoms with Gasteiger partial charge in [0.05, 0.1) is 6.04 Å². The third-order valence-electron chi connectivity index (χ3n) is 4.53. The summed E-state index contributed by atoms with van der Waals surface area (Å²) < 4.78 is 31.1. The maximum absolute atomic E-state index is 12.6. The fraction of sp³-hybridized carbons (Fsp3) is 0.316. The summed E-state index contributed by atoms with van der Waals surface area (Å²) in [5.41, 5.74) is 1.84. The summed E-state index contributed by atoms with van der Waals surface area (Å²) in [6.45, 7) is 1.57. The fourth-order valence-corrected chi connectivity index (χ4v) is 3.91. The molecule has 0 radical (unpaired) electrons. The van der Waals surface area contributed by atoms with Gasteiger partial charge in [-0.3, -0.25) is 9.88 Å². The molecule has 0 spiro atoms. The van der Waals surface area contributed by atoms with E-state index in [0.717, 1.165) is 30.5 Å². The lowest BCUT2D eigenvalue weighted by Crippen LogP contribution is -2.23. The van der Waals surface area contributed by atoms with Crippen molar-refractivity contribution in [3.8, 4) is 11.5 Å². The van der Waals surface area contributed by atoms with Crippen LogP contribution in [0.3, 0.4) is 0 Å². The average Bonchev–Trinajstić information content (AvgIpc) is 3.31. The molecule has 1 fully saturated rings. The molecular formula is C19H18F2N4OS. The van der Waals surface area contributed by atoms with Crippen LogP contribution in [0, 0.1) is 0 Å². The number of alkyl halides is 2. The van der Waals surface area contributed by atoms with E-state index in [0.29, 0.717) is 35.0 Å². The van der Waals surface area contributed by atoms with Crippen molar-refractivity contribution in [1.82, 2.24) is 20.1 Å². The number of hydrogen-bond donors (Lipinski definition) is 0. The molecule has 140 valence electrons. The minimum Gasteiger partial charge on any atom is -0.419 e. The molecule has 3 aromatic rings. The van der Waals surface area contributed by atoms with Gasteiger partial charge in [-0.15, -0.1) is 10.2 Å². The fourth-order valence-electron chi connectivity index (χ4n) is 3.33. The normalized spacial score (nSPS) is 17.7. The van der Waals surface area contributed by atoms with Gasteiger partial charge in [-0.2, -0.15) is 8.78 Å². The monoisotopic (exact) mass is 388 g/mol. The number of hydrogen-bond acceptors (Lipinski definition) is 6. The van der Waals surface area contributed by atoms with Crippen molar-refractivity contribution in [3.05, 3.63) is 60.2 Å². The molecule has 0 saturated carbocycles. The van der Waals surface area contributed by atoms with E-state index in [1.165, 1.54) is 0 Å². The highest BCUT2D eigenvalue weighted by Gasteiger charge is 2.30. The second-order valence-electron chi connectivity index (χ2n) is 6.34. The van der Waals surface area contributed by atoms with Crippen molar-refractivity contribution >= 4 is 11.8 Å². The Hall–Kier alpha value is -2.32. The summed E-state index contributed by atoms with van der Waals surface area (Å²) in [6, 6.07) is 11.0. The van der Waals surface area contributed by atoms with Crippen molar-refractivity contribution in [1.29, 1.82) is 0 Å². The number of likely N-dealkylation sites (tertiary alicyclic amines) is 1. The second-order valence-corrected chi connectivity index (χ2v) is 7.40. The van der Waals surface area contributed by atoms with Crippen LogP contribution in [-0.2, 0) is 6.54 Å². The quantitative estimate of drug-likeness (QED) is 0.566. The van der Waals surface area contributed by atoms with Crippen LogP contribution < -0.4 is 0 Å². The number of pyridine rings is 1. The molecule has 0 bridgehead atoms. The lowest BCUT2D eigenvalue weighted by molar-refractivity contribution is 0.215. The van der Waals surface area contributed by atoms with Gasteiger partial charge in [0.15, 0.2) is 0 Å². The zero-order valence-corrected chi connectivity index (χ0v) is 15.3. The summed E-state index contributed by atoms with van der Waals surface area (Å²) in [7, 11) is 0. The Morgan fingerprint density at radius 3 is 2.85 bits per heavy atom. The largest absolute Gasteiger partial charge is 0.419 e. The van der Waals surface area contributed by atoms with Gasteiger partial charge < -0.3 is 4.42 Å². The van der Waals surface area contributed by atoms with Crippen molar-refractivity contribution < 1.29 is 13.2 Å². The predicted molar refractivity (Wildman–Crippen MR) is 98.2 cm³/mol. The van der Waals surface area contributed by atoms with Gasteiger partial charge in [0.1, 0.15) is 0 Å². The summed E-state index contributed by atoms with van der Waals surface area (Å²) in [4.78, 5) is 6.83. The molecule has 0 amide bonds. The van der Waals surface area contributed by atoms with Crippen LogP contribution in [0.2, 0.25) is 0 Å². The maximum atomic E-state index is 12.6. The lowest BCUT2D eigenvalue weighted by Gasteiger charge is -2.21. The van der Waals surface area contributed by atoms with E-state index in [9.17, 15) is 8.78 Å². The molecule has 1 aliphatic rings. The first-order valence-electron chi connectivity index (χ1n) is 8.70. The van der Waals surface area contributed by atoms with Crippen LogP contribution in [-0.4, -0.2) is 32.4 Å². The van der Waals surface area contributed by atoms with Crippen LogP contribution in [0.4, 0.5) is 8.78 Å². The third-order valence-corrected chi connectivity index (χ3v) is 5.23. The number of rotatable bonds is 6. The van der Waals surface area contributed by atoms with Crippen LogP contribution in [0.5, 0.6) is 0 Å². The Labute approximate surface area is 159 Å². The first-order chi connectivity index (χ1) is 13.2. The first kappa shape index (κ1) is 18.1. The molecule has 0 aliphatic carbocycles. The highest BCUT2D eigenvalue weighted by Crippen LogP contribution is 2.34. The average molecular weight is 388 g/mol. The number of benzene rings is 1. The van der Waals surface area contributed by atoms with Crippen molar-refractivity contribution in [2.24, 2.45) is 0 Å². The zero-order chi connectivity index (χ0) is 18.6. The van der Waals surface area contributed by atoms with Crippen molar-refractivity contribution in [3.63, 3.8) is 0 Å². The lowest BCUT2D eigenvalue weighted by atomic mass is 10.2. The first-order valence-corrected chi connectivity index (χ1v) is 9.58. The molecule has 1 aliphatic heterocycles. The summed E-state index contributed by atoms with van der Waals surface area (Å²) >= 11 is 0.571. The molecule has 2 aromatic heterocycles. The number of aromatic nitrogens is 3. The molecule has 1 aromatic carbocycles. The molecule has 3 heterocycles. The van der Waals surface area contributed by atoms with Crippen LogP contribution >= 0.6 is 11.8 Å². The van der Waals surface area contributed by atoms with E-state index < -0.39 is 5.76 Å². The van der Waals surface area contributed by atoms with Gasteiger partial charge in [0.2, 0.25) is 11.8 Å². The standard InChI is InChI=1S/C19H18F2N4OS/c20-19(21)27-15-4-1-3-13(11-15)12-25-10-2-5-16(25)18-24-23-17(26-18)14-6-8-22-9-7-14/h1,3-4,6-9,11,16,19H,2,5,10,12H2. The molecule has 1 atom stereocenters. The Balaban J connectivity index is 1.49. The Kier molecular flexibility index (Phi) is 5.45. The highest BCUT2D eigenvalue weighted by molar-refractivity contribution is 7.99. The number of halogens is 2. The highest BCUT2D eigenvalue weighted by atomic mass is 32.2. The predicted octanol–water partition coefficient (Wildman–Crippen LogP) is 4.78. The second kappa shape index (κ2) is 8.14. The van der Waals surface area contributed by atoms with Gasteiger partial charge >= 0.3 is 0 Å². The molecule has 5 nitrogen and oxygen atoms in total. The smallest absolute Gasteiger partial charge is 0.288 e. The van der Waals surface area contributed by atoms with Gasteiger partial charge in [-0.25, -0.2) is 0 Å². The van der Waals surface area contributed by atoms with Gasteiger partial charge in [-0.1, -0.05) is 23.9 Å². The van der Waals surface area contributed by atoms with E-state index >= 15 is 0 Å². The van der Waals surface area contributed by atoms with Gasteiger partial charge in [0.25, 0.3) is 5.76 Å². The van der Waals surface area contributed by atoms with E-state index in [-0.39, 0.29) is 6.04 Å². The van der Waals surface area contributed by atoms with Gasteiger partial charge in [-0.05, 0) is 49.2 Å². The molecule has 0 N–H and O–H groups in total. The molecular weight excluding hydrogens is 370 g/mol. The Morgan fingerprint density at radius 1 is 1.19 bits per heavy atom. The molecule has 8 heteroatoms. The van der Waals surface area contributed by atoms with Gasteiger partial charge in [0, 0.05) is 29.4 Å². The topological polar surface area (TPSA) is 55.1 Å². The molecule has 1 saturated heterocycles. The van der Waals surface area contributed by atoms with Crippen LogP contribution in [0.25, 0.3) is 11.5 Å². The third kappa shape index (κ3) is 4.33. The Morgan fingerprint density at radius 2 is 2.04 bits per heavy atom. The van der Waals surface area contributed by atoms with Crippen molar-refractivity contribution in [2.75, 3.05) is 6.54 Å². The zero-order valence-electron chi connectivity index (χ0n) is 14.5. The summed E-state index contributed by atoms with van der Waals surface area (Å²) in [5.74, 6) is -1.34. The molecule has 1 unspecified atom stereocenters. The Bertz CT molecular complexity index is 890.